The van der Waals surface area contributed by atoms with Crippen molar-refractivity contribution in [3.8, 4) is 22.3 Å². The average molecular weight is 438 g/mol. The summed E-state index contributed by atoms with van der Waals surface area (Å²) in [5.74, 6) is 0. The molecule has 0 N–H and O–H groups in total. The van der Waals surface area contributed by atoms with Crippen molar-refractivity contribution in [2.45, 2.75) is 20.3 Å². The quantitative estimate of drug-likeness (QED) is 0.266. The van der Waals surface area contributed by atoms with Gasteiger partial charge in [-0.1, -0.05) is 90.0 Å². The van der Waals surface area contributed by atoms with Crippen LogP contribution in [0.2, 0.25) is 0 Å². The molecular weight excluding hydrogens is 410 g/mol. The van der Waals surface area contributed by atoms with Crippen molar-refractivity contribution in [2.24, 2.45) is 0 Å². The Morgan fingerprint density at radius 2 is 1.00 bits per heavy atom. The first kappa shape index (κ1) is 20.5. The Balaban J connectivity index is 1.34. The molecule has 1 aliphatic carbocycles. The van der Waals surface area contributed by atoms with Gasteiger partial charge in [-0.15, -0.1) is 0 Å². The number of para-hydroxylation sites is 1. The molecule has 0 bridgehead atoms. The van der Waals surface area contributed by atoms with Gasteiger partial charge in [0.25, 0.3) is 0 Å². The summed E-state index contributed by atoms with van der Waals surface area (Å²) in [5, 5.41) is 0. The van der Waals surface area contributed by atoms with Crippen LogP contribution in [-0.2, 0) is 6.42 Å². The van der Waals surface area contributed by atoms with Crippen molar-refractivity contribution in [3.63, 3.8) is 0 Å². The molecule has 5 aromatic carbocycles. The number of nitrogens with zero attached hydrogens (tertiary/aromatic N) is 1. The monoisotopic (exact) mass is 437 g/mol. The molecule has 0 saturated carbocycles. The highest BCUT2D eigenvalue weighted by molar-refractivity contribution is 5.82. The molecule has 1 heteroatoms. The van der Waals surface area contributed by atoms with Crippen LogP contribution in [-0.4, -0.2) is 0 Å². The van der Waals surface area contributed by atoms with E-state index < -0.39 is 0 Å². The molecule has 0 heterocycles. The first-order valence-electron chi connectivity index (χ1n) is 11.9. The number of benzene rings is 5. The van der Waals surface area contributed by atoms with E-state index in [0.29, 0.717) is 0 Å². The molecule has 0 saturated heterocycles. The Hall–Kier alpha value is -4.10. The normalized spacial score (nSPS) is 11.7. The van der Waals surface area contributed by atoms with Gasteiger partial charge >= 0.3 is 0 Å². The molecule has 0 fully saturated rings. The molecule has 0 atom stereocenters. The van der Waals surface area contributed by atoms with E-state index in [1.54, 1.807) is 0 Å². The second-order valence-corrected chi connectivity index (χ2v) is 9.26. The molecule has 1 nitrogen and oxygen atoms in total. The third kappa shape index (κ3) is 3.70. The van der Waals surface area contributed by atoms with Crippen LogP contribution < -0.4 is 4.90 Å². The van der Waals surface area contributed by atoms with Crippen LogP contribution in [0.5, 0.6) is 0 Å². The third-order valence-electron chi connectivity index (χ3n) is 6.80. The molecule has 0 radical (unpaired) electrons. The molecular formula is C33H27N. The SMILES string of the molecule is Cc1ccc(N(c2ccccc2)c2ccc(-c3ccc4c(c3)Cc3cc(C)ccc3-4)cc2)cc1. The summed E-state index contributed by atoms with van der Waals surface area (Å²) < 4.78 is 0. The second kappa shape index (κ2) is 8.35. The number of anilines is 3. The number of hydrogen-bond donors (Lipinski definition) is 0. The van der Waals surface area contributed by atoms with Crippen LogP contribution >= 0.6 is 0 Å². The van der Waals surface area contributed by atoms with E-state index in [0.717, 1.165) is 23.5 Å². The van der Waals surface area contributed by atoms with Gasteiger partial charge in [-0.05, 0) is 90.0 Å². The Bertz CT molecular complexity index is 1460. The summed E-state index contributed by atoms with van der Waals surface area (Å²) in [6, 6.07) is 42.0. The van der Waals surface area contributed by atoms with Gasteiger partial charge in [-0.25, -0.2) is 0 Å². The van der Waals surface area contributed by atoms with Crippen LogP contribution in [0, 0.1) is 13.8 Å². The lowest BCUT2D eigenvalue weighted by molar-refractivity contribution is 1.25. The van der Waals surface area contributed by atoms with Crippen molar-refractivity contribution in [3.05, 3.63) is 138 Å². The lowest BCUT2D eigenvalue weighted by atomic mass is 9.98. The molecule has 164 valence electrons. The maximum Gasteiger partial charge on any atom is 0.0462 e. The van der Waals surface area contributed by atoms with Crippen LogP contribution in [0.3, 0.4) is 0 Å². The highest BCUT2D eigenvalue weighted by atomic mass is 15.1. The van der Waals surface area contributed by atoms with Gasteiger partial charge in [0, 0.05) is 17.1 Å². The topological polar surface area (TPSA) is 3.24 Å². The van der Waals surface area contributed by atoms with Gasteiger partial charge in [0.05, 0.1) is 0 Å². The van der Waals surface area contributed by atoms with Crippen LogP contribution in [0.4, 0.5) is 17.1 Å². The Morgan fingerprint density at radius 3 is 1.71 bits per heavy atom. The highest BCUT2D eigenvalue weighted by Gasteiger charge is 2.19. The van der Waals surface area contributed by atoms with E-state index in [-0.39, 0.29) is 0 Å². The van der Waals surface area contributed by atoms with Crippen molar-refractivity contribution in [1.82, 2.24) is 0 Å². The Morgan fingerprint density at radius 1 is 0.471 bits per heavy atom. The van der Waals surface area contributed by atoms with Crippen molar-refractivity contribution >= 4 is 17.1 Å². The molecule has 1 aliphatic rings. The van der Waals surface area contributed by atoms with Crippen molar-refractivity contribution < 1.29 is 0 Å². The minimum absolute atomic E-state index is 1.02. The van der Waals surface area contributed by atoms with Crippen molar-refractivity contribution in [2.75, 3.05) is 4.90 Å². The van der Waals surface area contributed by atoms with E-state index in [1.807, 2.05) is 0 Å². The van der Waals surface area contributed by atoms with Gasteiger partial charge in [0.2, 0.25) is 0 Å². The fourth-order valence-corrected chi connectivity index (χ4v) is 5.04. The lowest BCUT2D eigenvalue weighted by Gasteiger charge is -2.25. The average Bonchev–Trinajstić information content (AvgIpc) is 3.23. The van der Waals surface area contributed by atoms with Gasteiger partial charge in [0.1, 0.15) is 0 Å². The molecule has 0 unspecified atom stereocenters. The van der Waals surface area contributed by atoms with Gasteiger partial charge in [-0.3, -0.25) is 0 Å². The summed E-state index contributed by atoms with van der Waals surface area (Å²) in [5.41, 5.74) is 14.2. The first-order chi connectivity index (χ1) is 16.7. The Kier molecular flexibility index (Phi) is 5.04. The van der Waals surface area contributed by atoms with Crippen LogP contribution in [0.15, 0.2) is 115 Å². The Labute approximate surface area is 202 Å². The minimum Gasteiger partial charge on any atom is -0.311 e. The highest BCUT2D eigenvalue weighted by Crippen LogP contribution is 2.40. The molecule has 6 rings (SSSR count). The summed E-state index contributed by atoms with van der Waals surface area (Å²) in [6.07, 6.45) is 1.02. The minimum atomic E-state index is 1.02. The smallest absolute Gasteiger partial charge is 0.0462 e. The zero-order valence-electron chi connectivity index (χ0n) is 19.6. The summed E-state index contributed by atoms with van der Waals surface area (Å²) >= 11 is 0. The van der Waals surface area contributed by atoms with Gasteiger partial charge < -0.3 is 4.90 Å². The summed E-state index contributed by atoms with van der Waals surface area (Å²) in [6.45, 7) is 4.30. The largest absolute Gasteiger partial charge is 0.311 e. The van der Waals surface area contributed by atoms with E-state index in [2.05, 4.69) is 134 Å². The van der Waals surface area contributed by atoms with Crippen molar-refractivity contribution in [1.29, 1.82) is 0 Å². The predicted octanol–water partition coefficient (Wildman–Crippen LogP) is 9.01. The maximum atomic E-state index is 2.37. The molecule has 0 aliphatic heterocycles. The number of hydrogen-bond acceptors (Lipinski definition) is 1. The van der Waals surface area contributed by atoms with Crippen LogP contribution in [0.25, 0.3) is 22.3 Å². The molecule has 0 spiro atoms. The summed E-state index contributed by atoms with van der Waals surface area (Å²) in [7, 11) is 0. The molecule has 5 aromatic rings. The van der Waals surface area contributed by atoms with Gasteiger partial charge in [0.15, 0.2) is 0 Å². The molecule has 0 amide bonds. The van der Waals surface area contributed by atoms with Gasteiger partial charge in [-0.2, -0.15) is 0 Å². The lowest BCUT2D eigenvalue weighted by Crippen LogP contribution is -2.09. The number of aryl methyl sites for hydroxylation is 2. The zero-order valence-corrected chi connectivity index (χ0v) is 19.6. The fourth-order valence-electron chi connectivity index (χ4n) is 5.04. The fraction of sp³-hybridized carbons (Fsp3) is 0.0909. The second-order valence-electron chi connectivity index (χ2n) is 9.26. The van der Waals surface area contributed by atoms with E-state index >= 15 is 0 Å². The van der Waals surface area contributed by atoms with E-state index in [4.69, 9.17) is 0 Å². The molecule has 34 heavy (non-hydrogen) atoms. The summed E-state index contributed by atoms with van der Waals surface area (Å²) in [4.78, 5) is 2.31. The zero-order chi connectivity index (χ0) is 23.1. The third-order valence-corrected chi connectivity index (χ3v) is 6.80. The first-order valence-corrected chi connectivity index (χ1v) is 11.9. The van der Waals surface area contributed by atoms with E-state index in [9.17, 15) is 0 Å². The van der Waals surface area contributed by atoms with Crippen LogP contribution in [0.1, 0.15) is 22.3 Å². The van der Waals surface area contributed by atoms with E-state index in [1.165, 1.54) is 44.5 Å². The maximum absolute atomic E-state index is 2.37. The predicted molar refractivity (Wildman–Crippen MR) is 144 cm³/mol. The standard InChI is InChI=1S/C33H27N/c1-23-8-14-30(15-9-23)34(29-6-4-3-5-7-29)31-16-11-25(12-17-31)26-13-19-33-28(21-26)22-27-20-24(2)10-18-32(27)33/h3-21H,22H2,1-2H3. The molecule has 0 aromatic heterocycles. The number of fused-ring (bicyclic) bond motifs is 3. The number of rotatable bonds is 4.